The highest BCUT2D eigenvalue weighted by Gasteiger charge is 2.83. The van der Waals surface area contributed by atoms with Gasteiger partial charge in [0.2, 0.25) is 0 Å². The van der Waals surface area contributed by atoms with E-state index in [1.807, 2.05) is 0 Å². The fraction of sp³-hybridized carbons (Fsp3) is 0.333. The van der Waals surface area contributed by atoms with Crippen molar-refractivity contribution in [2.24, 2.45) is 5.10 Å². The molecule has 1 N–H and O–H groups in total. The van der Waals surface area contributed by atoms with E-state index in [4.69, 9.17) is 0 Å². The Hall–Kier alpha value is -2.53. The minimum absolute atomic E-state index is 0.228. The number of carbonyl (C=O) groups is 1. The number of halogens is 9. The molecule has 3 nitrogen and oxygen atoms in total. The van der Waals surface area contributed by atoms with Crippen molar-refractivity contribution in [3.63, 3.8) is 0 Å². The number of alkyl halides is 9. The number of benzene rings is 1. The second-order valence-electron chi connectivity index (χ2n) is 5.16. The molecular formula is C15H11F9N2O. The summed E-state index contributed by atoms with van der Waals surface area (Å²) in [5.41, 5.74) is 1.24. The van der Waals surface area contributed by atoms with Crippen molar-refractivity contribution in [2.75, 3.05) is 0 Å². The van der Waals surface area contributed by atoms with Gasteiger partial charge < -0.3 is 0 Å². The number of rotatable bonds is 6. The molecule has 1 aromatic carbocycles. The molecule has 0 unspecified atom stereocenters. The van der Waals surface area contributed by atoms with Crippen LogP contribution in [0, 0.1) is 0 Å². The molecule has 0 aliphatic rings. The third kappa shape index (κ3) is 4.61. The van der Waals surface area contributed by atoms with E-state index in [1.54, 1.807) is 30.3 Å². The number of hydrogen-bond acceptors (Lipinski definition) is 2. The first kappa shape index (κ1) is 22.5. The van der Waals surface area contributed by atoms with Gasteiger partial charge in [0.05, 0.1) is 5.71 Å². The van der Waals surface area contributed by atoms with E-state index >= 15 is 0 Å². The Bertz CT molecular complexity index is 725. The standard InChI is InChI=1S/C15H11F9N2O/c1-9(7-8-10-5-3-2-4-6-10)25-26-11(27)12(16,17)13(18,19)14(20,21)15(22,23)24/h2-8H,1H3,(H,26,27)/b8-7+,25-9-. The third-order valence-corrected chi connectivity index (χ3v) is 3.08. The minimum Gasteiger partial charge on any atom is -0.266 e. The summed E-state index contributed by atoms with van der Waals surface area (Å²) in [6.45, 7) is 1.13. The van der Waals surface area contributed by atoms with E-state index in [9.17, 15) is 44.3 Å². The van der Waals surface area contributed by atoms with Gasteiger partial charge in [-0.3, -0.25) is 4.79 Å². The van der Waals surface area contributed by atoms with E-state index in [0.29, 0.717) is 5.56 Å². The number of allylic oxidation sites excluding steroid dienone is 1. The molecule has 0 bridgehead atoms. The average molecular weight is 406 g/mol. The molecule has 0 aliphatic carbocycles. The predicted molar refractivity (Wildman–Crippen MR) is 77.6 cm³/mol. The number of nitrogens with zero attached hydrogens (tertiary/aromatic N) is 1. The van der Waals surface area contributed by atoms with E-state index in [1.165, 1.54) is 6.08 Å². The minimum atomic E-state index is -7.15. The Morgan fingerprint density at radius 1 is 0.926 bits per heavy atom. The Kier molecular flexibility index (Phi) is 6.34. The van der Waals surface area contributed by atoms with Crippen LogP contribution in [0.5, 0.6) is 0 Å². The lowest BCUT2D eigenvalue weighted by Gasteiger charge is -2.32. The molecule has 27 heavy (non-hydrogen) atoms. The first-order valence-corrected chi connectivity index (χ1v) is 6.92. The van der Waals surface area contributed by atoms with Gasteiger partial charge in [-0.05, 0) is 18.6 Å². The van der Waals surface area contributed by atoms with E-state index in [-0.39, 0.29) is 5.71 Å². The quantitative estimate of drug-likeness (QED) is 0.417. The van der Waals surface area contributed by atoms with Crippen molar-refractivity contribution in [3.05, 3.63) is 42.0 Å². The van der Waals surface area contributed by atoms with Gasteiger partial charge in [-0.1, -0.05) is 36.4 Å². The Balaban J connectivity index is 2.95. The SMILES string of the molecule is CC(/C=C/c1ccccc1)=N/NC(=O)C(F)(F)C(F)(F)C(F)(F)C(F)(F)F. The smallest absolute Gasteiger partial charge is 0.266 e. The van der Waals surface area contributed by atoms with Crippen molar-refractivity contribution >= 4 is 17.7 Å². The second-order valence-corrected chi connectivity index (χ2v) is 5.16. The molecule has 1 aromatic rings. The van der Waals surface area contributed by atoms with Gasteiger partial charge in [0.15, 0.2) is 0 Å². The van der Waals surface area contributed by atoms with E-state index in [0.717, 1.165) is 18.4 Å². The predicted octanol–water partition coefficient (Wildman–Crippen LogP) is 4.66. The van der Waals surface area contributed by atoms with Crippen LogP contribution in [0.2, 0.25) is 0 Å². The zero-order valence-corrected chi connectivity index (χ0v) is 13.3. The zero-order chi connectivity index (χ0) is 21.1. The van der Waals surface area contributed by atoms with Crippen LogP contribution in [0.1, 0.15) is 12.5 Å². The highest BCUT2D eigenvalue weighted by molar-refractivity contribution is 5.97. The van der Waals surface area contributed by atoms with Gasteiger partial charge in [0, 0.05) is 0 Å². The Labute approximate surface area is 146 Å². The molecule has 0 aromatic heterocycles. The third-order valence-electron chi connectivity index (χ3n) is 3.08. The fourth-order valence-electron chi connectivity index (χ4n) is 1.55. The van der Waals surface area contributed by atoms with Crippen LogP contribution in [-0.4, -0.2) is 35.6 Å². The molecule has 0 saturated carbocycles. The maximum atomic E-state index is 13.3. The molecule has 0 spiro atoms. The number of amides is 1. The first-order valence-electron chi connectivity index (χ1n) is 6.92. The molecular weight excluding hydrogens is 395 g/mol. The summed E-state index contributed by atoms with van der Waals surface area (Å²) in [6, 6.07) is 8.23. The summed E-state index contributed by atoms with van der Waals surface area (Å²) in [5, 5.41) is 2.95. The maximum Gasteiger partial charge on any atom is 0.460 e. The van der Waals surface area contributed by atoms with Gasteiger partial charge in [-0.25, -0.2) is 5.43 Å². The summed E-state index contributed by atoms with van der Waals surface area (Å²) in [6.07, 6.45) is -4.47. The van der Waals surface area contributed by atoms with Gasteiger partial charge in [0.25, 0.3) is 0 Å². The summed E-state index contributed by atoms with van der Waals surface area (Å²) in [7, 11) is 0. The molecule has 0 radical (unpaired) electrons. The summed E-state index contributed by atoms with van der Waals surface area (Å²) in [4.78, 5) is 11.1. The van der Waals surface area contributed by atoms with Gasteiger partial charge in [-0.15, -0.1) is 0 Å². The van der Waals surface area contributed by atoms with Crippen LogP contribution in [0.4, 0.5) is 39.5 Å². The molecule has 1 rings (SSSR count). The van der Waals surface area contributed by atoms with E-state index < -0.39 is 29.9 Å². The van der Waals surface area contributed by atoms with Gasteiger partial charge >= 0.3 is 29.9 Å². The lowest BCUT2D eigenvalue weighted by atomic mass is 10.0. The molecule has 150 valence electrons. The summed E-state index contributed by atoms with van der Waals surface area (Å²) < 4.78 is 114. The summed E-state index contributed by atoms with van der Waals surface area (Å²) >= 11 is 0. The maximum absolute atomic E-state index is 13.3. The van der Waals surface area contributed by atoms with Crippen molar-refractivity contribution in [2.45, 2.75) is 30.9 Å². The van der Waals surface area contributed by atoms with Crippen LogP contribution in [0.25, 0.3) is 6.08 Å². The zero-order valence-electron chi connectivity index (χ0n) is 13.3. The van der Waals surface area contributed by atoms with Crippen LogP contribution in [-0.2, 0) is 4.79 Å². The van der Waals surface area contributed by atoms with Gasteiger partial charge in [-0.2, -0.15) is 44.6 Å². The Morgan fingerprint density at radius 2 is 1.44 bits per heavy atom. The van der Waals surface area contributed by atoms with Crippen LogP contribution in [0.15, 0.2) is 41.5 Å². The number of hydrazone groups is 1. The first-order chi connectivity index (χ1) is 12.1. The molecule has 1 amide bonds. The lowest BCUT2D eigenvalue weighted by Crippen LogP contribution is -2.64. The van der Waals surface area contributed by atoms with Crippen molar-refractivity contribution < 1.29 is 44.3 Å². The second kappa shape index (κ2) is 7.61. The van der Waals surface area contributed by atoms with Crippen LogP contribution in [0.3, 0.4) is 0 Å². The number of hydrogen-bond donors (Lipinski definition) is 1. The number of nitrogens with one attached hydrogen (secondary N) is 1. The van der Waals surface area contributed by atoms with Crippen LogP contribution >= 0.6 is 0 Å². The van der Waals surface area contributed by atoms with Crippen molar-refractivity contribution in [1.82, 2.24) is 5.43 Å². The van der Waals surface area contributed by atoms with Crippen LogP contribution < -0.4 is 5.43 Å². The summed E-state index contributed by atoms with van der Waals surface area (Å²) in [5.74, 6) is -23.7. The monoisotopic (exact) mass is 406 g/mol. The molecule has 12 heteroatoms. The van der Waals surface area contributed by atoms with Gasteiger partial charge in [0.1, 0.15) is 0 Å². The van der Waals surface area contributed by atoms with Crippen molar-refractivity contribution in [3.8, 4) is 0 Å². The molecule has 0 saturated heterocycles. The average Bonchev–Trinajstić information content (AvgIpc) is 2.57. The molecule has 0 aliphatic heterocycles. The van der Waals surface area contributed by atoms with Crippen molar-refractivity contribution in [1.29, 1.82) is 0 Å². The number of carbonyl (C=O) groups excluding carboxylic acids is 1. The highest BCUT2D eigenvalue weighted by Crippen LogP contribution is 2.53. The molecule has 0 heterocycles. The molecule has 0 atom stereocenters. The fourth-order valence-corrected chi connectivity index (χ4v) is 1.55. The molecule has 0 fully saturated rings. The van der Waals surface area contributed by atoms with E-state index in [2.05, 4.69) is 5.10 Å². The topological polar surface area (TPSA) is 41.5 Å². The highest BCUT2D eigenvalue weighted by atomic mass is 19.4. The Morgan fingerprint density at radius 3 is 1.93 bits per heavy atom. The normalized spacial score (nSPS) is 14.5. The lowest BCUT2D eigenvalue weighted by molar-refractivity contribution is -0.388. The largest absolute Gasteiger partial charge is 0.460 e.